The Morgan fingerprint density at radius 2 is 2.18 bits per heavy atom. The highest BCUT2D eigenvalue weighted by atomic mass is 16.5. The number of carbonyl (C=O) groups is 1. The molecule has 1 saturated heterocycles. The first-order chi connectivity index (χ1) is 8.24. The van der Waals surface area contributed by atoms with Crippen molar-refractivity contribution < 1.29 is 14.3 Å². The van der Waals surface area contributed by atoms with Gasteiger partial charge in [-0.15, -0.1) is 0 Å². The van der Waals surface area contributed by atoms with Crippen molar-refractivity contribution >= 4 is 5.97 Å². The molecule has 1 fully saturated rings. The SMILES string of the molecule is COC(=O)[C@@H](C)CNCCCN1CCOCC1. The smallest absolute Gasteiger partial charge is 0.309 e. The average Bonchev–Trinajstić information content (AvgIpc) is 2.38. The topological polar surface area (TPSA) is 50.8 Å². The first kappa shape index (κ1) is 14.4. The summed E-state index contributed by atoms with van der Waals surface area (Å²) in [5.74, 6) is -0.214. The number of hydrogen-bond donors (Lipinski definition) is 1. The predicted molar refractivity (Wildman–Crippen MR) is 65.9 cm³/mol. The molecule has 1 heterocycles. The normalized spacial score (nSPS) is 18.9. The van der Waals surface area contributed by atoms with Crippen molar-refractivity contribution in [3.05, 3.63) is 0 Å². The minimum absolute atomic E-state index is 0.0663. The van der Waals surface area contributed by atoms with E-state index in [-0.39, 0.29) is 11.9 Å². The van der Waals surface area contributed by atoms with Gasteiger partial charge in [-0.2, -0.15) is 0 Å². The third-order valence-corrected chi connectivity index (χ3v) is 2.99. The maximum absolute atomic E-state index is 11.1. The van der Waals surface area contributed by atoms with Crippen molar-refractivity contribution in [2.24, 2.45) is 5.92 Å². The number of hydrogen-bond acceptors (Lipinski definition) is 5. The second-order valence-electron chi connectivity index (χ2n) is 4.44. The summed E-state index contributed by atoms with van der Waals surface area (Å²) >= 11 is 0. The molecule has 0 aromatic rings. The van der Waals surface area contributed by atoms with E-state index in [1.54, 1.807) is 0 Å². The summed E-state index contributed by atoms with van der Waals surface area (Å²) < 4.78 is 9.95. The molecule has 0 radical (unpaired) electrons. The number of nitrogens with one attached hydrogen (secondary N) is 1. The molecule has 0 aromatic carbocycles. The van der Waals surface area contributed by atoms with Gasteiger partial charge in [0, 0.05) is 19.6 Å². The molecule has 17 heavy (non-hydrogen) atoms. The minimum atomic E-state index is -0.148. The zero-order valence-corrected chi connectivity index (χ0v) is 10.9. The van der Waals surface area contributed by atoms with Crippen LogP contribution in [0.4, 0.5) is 0 Å². The number of nitrogens with zero attached hydrogens (tertiary/aromatic N) is 1. The lowest BCUT2D eigenvalue weighted by atomic mass is 10.2. The number of esters is 1. The third kappa shape index (κ3) is 6.00. The third-order valence-electron chi connectivity index (χ3n) is 2.99. The van der Waals surface area contributed by atoms with Gasteiger partial charge in [-0.25, -0.2) is 0 Å². The summed E-state index contributed by atoms with van der Waals surface area (Å²) in [4.78, 5) is 13.6. The molecule has 0 aromatic heterocycles. The quantitative estimate of drug-likeness (QED) is 0.509. The highest BCUT2D eigenvalue weighted by Gasteiger charge is 2.12. The summed E-state index contributed by atoms with van der Waals surface area (Å²) in [5, 5.41) is 3.28. The minimum Gasteiger partial charge on any atom is -0.469 e. The molecule has 0 amide bonds. The molecule has 0 saturated carbocycles. The van der Waals surface area contributed by atoms with E-state index in [1.165, 1.54) is 7.11 Å². The molecule has 5 heteroatoms. The highest BCUT2D eigenvalue weighted by molar-refractivity contribution is 5.71. The molecule has 100 valence electrons. The summed E-state index contributed by atoms with van der Waals surface area (Å²) in [5.41, 5.74) is 0. The molecule has 1 atom stereocenters. The van der Waals surface area contributed by atoms with Gasteiger partial charge in [0.2, 0.25) is 0 Å². The molecule has 0 spiro atoms. The first-order valence-corrected chi connectivity index (χ1v) is 6.32. The average molecular weight is 244 g/mol. The van der Waals surface area contributed by atoms with Crippen LogP contribution in [0, 0.1) is 5.92 Å². The monoisotopic (exact) mass is 244 g/mol. The lowest BCUT2D eigenvalue weighted by Gasteiger charge is -2.26. The maximum atomic E-state index is 11.1. The van der Waals surface area contributed by atoms with Gasteiger partial charge >= 0.3 is 5.97 Å². The number of morpholine rings is 1. The standard InChI is InChI=1S/C12H24N2O3/c1-11(12(15)16-2)10-13-4-3-5-14-6-8-17-9-7-14/h11,13H,3-10H2,1-2H3/t11-/m0/s1. The Labute approximate surface area is 103 Å². The molecule has 0 unspecified atom stereocenters. The molecule has 1 aliphatic rings. The van der Waals surface area contributed by atoms with Crippen LogP contribution in [0.5, 0.6) is 0 Å². The molecule has 1 N–H and O–H groups in total. The summed E-state index contributed by atoms with van der Waals surface area (Å²) in [7, 11) is 1.43. The van der Waals surface area contributed by atoms with Crippen LogP contribution in [0.15, 0.2) is 0 Å². The lowest BCUT2D eigenvalue weighted by molar-refractivity contribution is -0.144. The van der Waals surface area contributed by atoms with E-state index >= 15 is 0 Å². The zero-order valence-electron chi connectivity index (χ0n) is 10.9. The lowest BCUT2D eigenvalue weighted by Crippen LogP contribution is -2.38. The van der Waals surface area contributed by atoms with Crippen molar-refractivity contribution in [3.8, 4) is 0 Å². The van der Waals surface area contributed by atoms with Crippen LogP contribution in [-0.4, -0.2) is 63.9 Å². The Morgan fingerprint density at radius 1 is 1.47 bits per heavy atom. The van der Waals surface area contributed by atoms with Gasteiger partial charge in [0.1, 0.15) is 0 Å². The van der Waals surface area contributed by atoms with E-state index in [2.05, 4.69) is 15.0 Å². The molecule has 0 aliphatic carbocycles. The van der Waals surface area contributed by atoms with E-state index in [0.29, 0.717) is 6.54 Å². The highest BCUT2D eigenvalue weighted by Crippen LogP contribution is 1.98. The molecule has 0 bridgehead atoms. The zero-order chi connectivity index (χ0) is 12.5. The van der Waals surface area contributed by atoms with Crippen molar-refractivity contribution in [1.82, 2.24) is 10.2 Å². The Kier molecular flexibility index (Phi) is 7.16. The van der Waals surface area contributed by atoms with Crippen molar-refractivity contribution in [3.63, 3.8) is 0 Å². The summed E-state index contributed by atoms with van der Waals surface area (Å²) in [6, 6.07) is 0. The van der Waals surface area contributed by atoms with Gasteiger partial charge in [0.15, 0.2) is 0 Å². The largest absolute Gasteiger partial charge is 0.469 e. The molecule has 1 aliphatic heterocycles. The van der Waals surface area contributed by atoms with Gasteiger partial charge in [-0.1, -0.05) is 6.92 Å². The predicted octanol–water partition coefficient (Wildman–Crippen LogP) is 0.107. The number of rotatable bonds is 7. The Bertz CT molecular complexity index is 218. The van der Waals surface area contributed by atoms with Crippen LogP contribution < -0.4 is 5.32 Å². The van der Waals surface area contributed by atoms with Crippen LogP contribution >= 0.6 is 0 Å². The fourth-order valence-corrected chi connectivity index (χ4v) is 1.86. The first-order valence-electron chi connectivity index (χ1n) is 6.32. The van der Waals surface area contributed by atoms with E-state index < -0.39 is 0 Å². The summed E-state index contributed by atoms with van der Waals surface area (Å²) in [6.07, 6.45) is 1.11. The van der Waals surface area contributed by atoms with Crippen LogP contribution in [0.25, 0.3) is 0 Å². The van der Waals surface area contributed by atoms with Crippen LogP contribution in [-0.2, 0) is 14.3 Å². The second kappa shape index (κ2) is 8.44. The molecular formula is C12H24N2O3. The van der Waals surface area contributed by atoms with Crippen molar-refractivity contribution in [2.45, 2.75) is 13.3 Å². The van der Waals surface area contributed by atoms with E-state index in [1.807, 2.05) is 6.92 Å². The van der Waals surface area contributed by atoms with E-state index in [9.17, 15) is 4.79 Å². The van der Waals surface area contributed by atoms with Crippen LogP contribution in [0.1, 0.15) is 13.3 Å². The van der Waals surface area contributed by atoms with Gasteiger partial charge in [-0.3, -0.25) is 9.69 Å². The van der Waals surface area contributed by atoms with E-state index in [0.717, 1.165) is 45.8 Å². The van der Waals surface area contributed by atoms with Crippen LogP contribution in [0.2, 0.25) is 0 Å². The second-order valence-corrected chi connectivity index (χ2v) is 4.44. The fraction of sp³-hybridized carbons (Fsp3) is 0.917. The number of ether oxygens (including phenoxy) is 2. The molecular weight excluding hydrogens is 220 g/mol. The van der Waals surface area contributed by atoms with Gasteiger partial charge < -0.3 is 14.8 Å². The van der Waals surface area contributed by atoms with E-state index in [4.69, 9.17) is 4.74 Å². The van der Waals surface area contributed by atoms with Gasteiger partial charge in [-0.05, 0) is 19.5 Å². The Morgan fingerprint density at radius 3 is 2.82 bits per heavy atom. The number of methoxy groups -OCH3 is 1. The van der Waals surface area contributed by atoms with Gasteiger partial charge in [0.25, 0.3) is 0 Å². The summed E-state index contributed by atoms with van der Waals surface area (Å²) in [6.45, 7) is 8.40. The Balaban J connectivity index is 1.95. The molecule has 5 nitrogen and oxygen atoms in total. The van der Waals surface area contributed by atoms with Crippen LogP contribution in [0.3, 0.4) is 0 Å². The number of carbonyl (C=O) groups excluding carboxylic acids is 1. The van der Waals surface area contributed by atoms with Gasteiger partial charge in [0.05, 0.1) is 26.2 Å². The Hall–Kier alpha value is -0.650. The van der Waals surface area contributed by atoms with Crippen molar-refractivity contribution in [1.29, 1.82) is 0 Å². The molecule has 1 rings (SSSR count). The maximum Gasteiger partial charge on any atom is 0.309 e. The van der Waals surface area contributed by atoms with Crippen molar-refractivity contribution in [2.75, 3.05) is 53.0 Å². The fourth-order valence-electron chi connectivity index (χ4n) is 1.86.